The van der Waals surface area contributed by atoms with Gasteiger partial charge in [0, 0.05) is 5.56 Å². The second-order valence-corrected chi connectivity index (χ2v) is 4.34. The van der Waals surface area contributed by atoms with Crippen molar-refractivity contribution in [2.24, 2.45) is 0 Å². The fourth-order valence-corrected chi connectivity index (χ4v) is 1.93. The monoisotopic (exact) mass is 288 g/mol. The summed E-state index contributed by atoms with van der Waals surface area (Å²) >= 11 is 6.08. The van der Waals surface area contributed by atoms with Crippen molar-refractivity contribution in [3.63, 3.8) is 0 Å². The summed E-state index contributed by atoms with van der Waals surface area (Å²) in [5.74, 6) is 0.528. The van der Waals surface area contributed by atoms with Crippen LogP contribution in [-0.2, 0) is 0 Å². The van der Waals surface area contributed by atoms with E-state index in [1.54, 1.807) is 18.2 Å². The molecule has 6 nitrogen and oxygen atoms in total. The van der Waals surface area contributed by atoms with E-state index in [4.69, 9.17) is 16.0 Å². The number of benzene rings is 1. The molecule has 2 N–H and O–H groups in total. The molecular weight excluding hydrogens is 280 g/mol. The minimum absolute atomic E-state index is 0.163. The summed E-state index contributed by atoms with van der Waals surface area (Å²) in [5.41, 5.74) is 0.730. The smallest absolute Gasteiger partial charge is 0.293 e. The Bertz CT molecular complexity index is 736. The van der Waals surface area contributed by atoms with E-state index in [2.05, 4.69) is 20.5 Å². The summed E-state index contributed by atoms with van der Waals surface area (Å²) in [7, 11) is 0. The first-order chi connectivity index (χ1) is 9.74. The molecule has 0 saturated carbocycles. The molecule has 0 fully saturated rings. The first-order valence-electron chi connectivity index (χ1n) is 5.75. The predicted octanol–water partition coefficient (Wildman–Crippen LogP) is 2.97. The molecule has 20 heavy (non-hydrogen) atoms. The molecule has 100 valence electrons. The normalized spacial score (nSPS) is 10.4. The first kappa shape index (κ1) is 12.4. The molecule has 0 unspecified atom stereocenters. The van der Waals surface area contributed by atoms with Crippen molar-refractivity contribution in [3.8, 4) is 11.3 Å². The Labute approximate surface area is 118 Å². The Balaban J connectivity index is 1.83. The van der Waals surface area contributed by atoms with Crippen molar-refractivity contribution in [2.45, 2.75) is 0 Å². The van der Waals surface area contributed by atoms with Gasteiger partial charge < -0.3 is 4.42 Å². The van der Waals surface area contributed by atoms with Crippen molar-refractivity contribution in [1.29, 1.82) is 0 Å². The van der Waals surface area contributed by atoms with E-state index < -0.39 is 5.91 Å². The van der Waals surface area contributed by atoms with Crippen molar-refractivity contribution in [2.75, 3.05) is 5.32 Å². The third-order valence-corrected chi connectivity index (χ3v) is 2.95. The highest BCUT2D eigenvalue weighted by Crippen LogP contribution is 2.29. The van der Waals surface area contributed by atoms with E-state index in [9.17, 15) is 4.79 Å². The lowest BCUT2D eigenvalue weighted by molar-refractivity contribution is 0.0996. The average Bonchev–Trinajstić information content (AvgIpc) is 3.10. The maximum atomic E-state index is 11.9. The maximum Gasteiger partial charge on any atom is 0.293 e. The molecule has 1 amide bonds. The Kier molecular flexibility index (Phi) is 3.22. The summed E-state index contributed by atoms with van der Waals surface area (Å²) in [6, 6.07) is 10.5. The largest absolute Gasteiger partial charge is 0.451 e. The van der Waals surface area contributed by atoms with Gasteiger partial charge >= 0.3 is 0 Å². The van der Waals surface area contributed by atoms with Gasteiger partial charge in [-0.1, -0.05) is 23.7 Å². The zero-order valence-electron chi connectivity index (χ0n) is 10.1. The Morgan fingerprint density at radius 3 is 2.85 bits per heavy atom. The van der Waals surface area contributed by atoms with Crippen LogP contribution < -0.4 is 5.32 Å². The predicted molar refractivity (Wildman–Crippen MR) is 73.5 cm³/mol. The highest BCUT2D eigenvalue weighted by atomic mass is 35.5. The number of carbonyl (C=O) groups is 1. The molecule has 0 bridgehead atoms. The van der Waals surface area contributed by atoms with Gasteiger partial charge in [-0.25, -0.2) is 5.10 Å². The molecule has 7 heteroatoms. The fraction of sp³-hybridized carbons (Fsp3) is 0. The molecular formula is C13H9ClN4O2. The van der Waals surface area contributed by atoms with Gasteiger partial charge in [0.1, 0.15) is 12.1 Å². The van der Waals surface area contributed by atoms with Crippen LogP contribution >= 0.6 is 11.6 Å². The van der Waals surface area contributed by atoms with Crippen LogP contribution in [0.25, 0.3) is 11.3 Å². The SMILES string of the molecule is O=C(Nc1ncn[nH]1)c1ccc(-c2ccccc2Cl)o1. The molecule has 2 aromatic heterocycles. The molecule has 3 aromatic rings. The number of hydrogen-bond donors (Lipinski definition) is 2. The molecule has 0 radical (unpaired) electrons. The maximum absolute atomic E-state index is 11.9. The van der Waals surface area contributed by atoms with Gasteiger partial charge in [-0.05, 0) is 24.3 Å². The number of amides is 1. The Hall–Kier alpha value is -2.60. The molecule has 3 rings (SSSR count). The number of nitrogens with zero attached hydrogens (tertiary/aromatic N) is 2. The van der Waals surface area contributed by atoms with E-state index in [1.807, 2.05) is 18.2 Å². The second kappa shape index (κ2) is 5.18. The lowest BCUT2D eigenvalue weighted by Gasteiger charge is -2.00. The van der Waals surface area contributed by atoms with Crippen molar-refractivity contribution in [3.05, 3.63) is 53.5 Å². The Morgan fingerprint density at radius 1 is 1.25 bits per heavy atom. The zero-order chi connectivity index (χ0) is 13.9. The van der Waals surface area contributed by atoms with Crippen LogP contribution in [0.4, 0.5) is 5.95 Å². The standard InChI is InChI=1S/C13H9ClN4O2/c14-9-4-2-1-3-8(9)10-5-6-11(20-10)12(19)17-13-15-7-16-18-13/h1-7H,(H2,15,16,17,18,19). The summed E-state index contributed by atoms with van der Waals surface area (Å²) in [4.78, 5) is 15.7. The number of anilines is 1. The molecule has 0 aliphatic rings. The van der Waals surface area contributed by atoms with E-state index >= 15 is 0 Å². The number of H-pyrrole nitrogens is 1. The van der Waals surface area contributed by atoms with Crippen LogP contribution in [-0.4, -0.2) is 21.1 Å². The summed E-state index contributed by atoms with van der Waals surface area (Å²) < 4.78 is 5.50. The van der Waals surface area contributed by atoms with Gasteiger partial charge in [-0.2, -0.15) is 10.1 Å². The zero-order valence-corrected chi connectivity index (χ0v) is 10.9. The number of halogens is 1. The molecule has 0 spiro atoms. The molecule has 0 saturated heterocycles. The second-order valence-electron chi connectivity index (χ2n) is 3.93. The number of carbonyl (C=O) groups excluding carboxylic acids is 1. The van der Waals surface area contributed by atoms with Crippen LogP contribution in [0.1, 0.15) is 10.6 Å². The quantitative estimate of drug-likeness (QED) is 0.776. The number of aromatic amines is 1. The molecule has 0 atom stereocenters. The summed E-state index contributed by atoms with van der Waals surface area (Å²) in [6.07, 6.45) is 1.30. The van der Waals surface area contributed by atoms with Crippen LogP contribution in [0.3, 0.4) is 0 Å². The number of hydrogen-bond acceptors (Lipinski definition) is 4. The third kappa shape index (κ3) is 2.41. The number of nitrogens with one attached hydrogen (secondary N) is 2. The average molecular weight is 289 g/mol. The number of furan rings is 1. The van der Waals surface area contributed by atoms with Gasteiger partial charge in [-0.15, -0.1) is 0 Å². The minimum atomic E-state index is -0.417. The van der Waals surface area contributed by atoms with Crippen LogP contribution in [0.15, 0.2) is 47.1 Å². The summed E-state index contributed by atoms with van der Waals surface area (Å²) in [6.45, 7) is 0. The van der Waals surface area contributed by atoms with Gasteiger partial charge in [0.15, 0.2) is 5.76 Å². The lowest BCUT2D eigenvalue weighted by Crippen LogP contribution is -2.11. The van der Waals surface area contributed by atoms with Crippen LogP contribution in [0, 0.1) is 0 Å². The number of rotatable bonds is 3. The third-order valence-electron chi connectivity index (χ3n) is 2.62. The minimum Gasteiger partial charge on any atom is -0.451 e. The topological polar surface area (TPSA) is 83.8 Å². The van der Waals surface area contributed by atoms with Crippen LogP contribution in [0.2, 0.25) is 5.02 Å². The number of aromatic nitrogens is 3. The fourth-order valence-electron chi connectivity index (χ4n) is 1.70. The van der Waals surface area contributed by atoms with E-state index in [0.29, 0.717) is 10.8 Å². The lowest BCUT2D eigenvalue weighted by atomic mass is 10.2. The highest BCUT2D eigenvalue weighted by molar-refractivity contribution is 6.33. The van der Waals surface area contributed by atoms with Crippen molar-refractivity contribution >= 4 is 23.5 Å². The van der Waals surface area contributed by atoms with Crippen molar-refractivity contribution < 1.29 is 9.21 Å². The van der Waals surface area contributed by atoms with Gasteiger partial charge in [0.05, 0.1) is 5.02 Å². The van der Waals surface area contributed by atoms with E-state index in [0.717, 1.165) is 5.56 Å². The Morgan fingerprint density at radius 2 is 2.10 bits per heavy atom. The summed E-state index contributed by atoms with van der Waals surface area (Å²) in [5, 5.41) is 9.25. The van der Waals surface area contributed by atoms with E-state index in [1.165, 1.54) is 6.33 Å². The molecule has 2 heterocycles. The highest BCUT2D eigenvalue weighted by Gasteiger charge is 2.14. The van der Waals surface area contributed by atoms with Gasteiger partial charge in [0.2, 0.25) is 5.95 Å². The molecule has 0 aliphatic heterocycles. The molecule has 1 aromatic carbocycles. The van der Waals surface area contributed by atoms with Crippen LogP contribution in [0.5, 0.6) is 0 Å². The first-order valence-corrected chi connectivity index (χ1v) is 6.13. The van der Waals surface area contributed by atoms with Gasteiger partial charge in [-0.3, -0.25) is 10.1 Å². The van der Waals surface area contributed by atoms with Crippen molar-refractivity contribution in [1.82, 2.24) is 15.2 Å². The van der Waals surface area contributed by atoms with Gasteiger partial charge in [0.25, 0.3) is 5.91 Å². The van der Waals surface area contributed by atoms with E-state index in [-0.39, 0.29) is 11.7 Å². The molecule has 0 aliphatic carbocycles.